The van der Waals surface area contributed by atoms with Gasteiger partial charge in [-0.25, -0.2) is 4.98 Å². The van der Waals surface area contributed by atoms with Crippen LogP contribution in [-0.4, -0.2) is 29.1 Å². The topological polar surface area (TPSA) is 52.7 Å². The molecule has 0 saturated carbocycles. The molecule has 96 valence electrons. The molecule has 0 amide bonds. The summed E-state index contributed by atoms with van der Waals surface area (Å²) in [5.41, 5.74) is 2.20. The fourth-order valence-corrected chi connectivity index (χ4v) is 2.83. The fraction of sp³-hybridized carbons (Fsp3) is 0.267. The molecule has 0 aliphatic carbocycles. The highest BCUT2D eigenvalue weighted by Crippen LogP contribution is 2.28. The smallest absolute Gasteiger partial charge is 0.136 e. The first-order valence-electron chi connectivity index (χ1n) is 6.75. The van der Waals surface area contributed by atoms with E-state index in [1.807, 2.05) is 12.3 Å². The molecule has 1 fully saturated rings. The van der Waals surface area contributed by atoms with E-state index in [-0.39, 0.29) is 0 Å². The lowest BCUT2D eigenvalue weighted by molar-refractivity contribution is 0.790. The largest absolute Gasteiger partial charge is 0.365 e. The average Bonchev–Trinajstić information content (AvgIpc) is 3.09. The summed E-state index contributed by atoms with van der Waals surface area (Å²) in [6.45, 7) is 2.10. The predicted octanol–water partition coefficient (Wildman–Crippen LogP) is 2.49. The van der Waals surface area contributed by atoms with Gasteiger partial charge in [0.1, 0.15) is 5.82 Å². The van der Waals surface area contributed by atoms with Gasteiger partial charge in [0.25, 0.3) is 0 Å². The Morgan fingerprint density at radius 2 is 2.11 bits per heavy atom. The van der Waals surface area contributed by atoms with Crippen molar-refractivity contribution in [2.24, 2.45) is 0 Å². The summed E-state index contributed by atoms with van der Waals surface area (Å²) in [6.07, 6.45) is 3.14. The van der Waals surface area contributed by atoms with E-state index in [1.165, 1.54) is 16.3 Å². The normalized spacial score (nSPS) is 19.3. The summed E-state index contributed by atoms with van der Waals surface area (Å²) in [5.74, 6) is 0.989. The molecule has 4 heteroatoms. The first-order valence-corrected chi connectivity index (χ1v) is 6.75. The van der Waals surface area contributed by atoms with Gasteiger partial charge in [0.05, 0.1) is 11.0 Å². The second-order valence-corrected chi connectivity index (χ2v) is 5.08. The number of benzene rings is 1. The van der Waals surface area contributed by atoms with Crippen molar-refractivity contribution in [3.63, 3.8) is 0 Å². The number of para-hydroxylation sites is 1. The first kappa shape index (κ1) is 10.8. The molecule has 1 unspecified atom stereocenters. The van der Waals surface area contributed by atoms with E-state index in [9.17, 15) is 0 Å². The third-order valence-corrected chi connectivity index (χ3v) is 3.81. The van der Waals surface area contributed by atoms with Crippen LogP contribution in [-0.2, 0) is 0 Å². The summed E-state index contributed by atoms with van der Waals surface area (Å²) >= 11 is 0. The lowest BCUT2D eigenvalue weighted by Crippen LogP contribution is -2.22. The molecular formula is C15H16N4. The molecule has 1 atom stereocenters. The zero-order valence-electron chi connectivity index (χ0n) is 10.6. The van der Waals surface area contributed by atoms with Gasteiger partial charge in [-0.15, -0.1) is 0 Å². The average molecular weight is 252 g/mol. The molecule has 0 spiro atoms. The van der Waals surface area contributed by atoms with Crippen LogP contribution in [0.5, 0.6) is 0 Å². The van der Waals surface area contributed by atoms with Crippen molar-refractivity contribution in [3.8, 4) is 0 Å². The maximum atomic E-state index is 4.78. The third kappa shape index (κ3) is 1.76. The minimum atomic E-state index is 0.478. The molecule has 0 radical (unpaired) electrons. The Kier molecular flexibility index (Phi) is 2.42. The van der Waals surface area contributed by atoms with Crippen LogP contribution in [0, 0.1) is 0 Å². The summed E-state index contributed by atoms with van der Waals surface area (Å²) in [7, 11) is 0. The summed E-state index contributed by atoms with van der Waals surface area (Å²) in [4.78, 5) is 8.11. The molecule has 2 aromatic heterocycles. The molecule has 4 rings (SSSR count). The van der Waals surface area contributed by atoms with Crippen LogP contribution < -0.4 is 10.6 Å². The zero-order chi connectivity index (χ0) is 12.7. The lowest BCUT2D eigenvalue weighted by Gasteiger charge is -2.14. The van der Waals surface area contributed by atoms with E-state index >= 15 is 0 Å². The fourth-order valence-electron chi connectivity index (χ4n) is 2.83. The highest BCUT2D eigenvalue weighted by Gasteiger charge is 2.16. The molecule has 3 N–H and O–H groups in total. The molecule has 1 aliphatic rings. The number of aromatic nitrogens is 2. The maximum Gasteiger partial charge on any atom is 0.136 e. The number of pyridine rings is 1. The van der Waals surface area contributed by atoms with Crippen LogP contribution in [0.1, 0.15) is 6.42 Å². The SMILES string of the molecule is c1ccc2c(c1)nc(NC1CCNC1)c1cc[nH]c12. The van der Waals surface area contributed by atoms with Gasteiger partial charge in [-0.3, -0.25) is 0 Å². The number of aromatic amines is 1. The minimum Gasteiger partial charge on any atom is -0.365 e. The van der Waals surface area contributed by atoms with E-state index in [2.05, 4.69) is 39.9 Å². The summed E-state index contributed by atoms with van der Waals surface area (Å²) in [5, 5.41) is 9.29. The Labute approximate surface area is 111 Å². The highest BCUT2D eigenvalue weighted by molar-refractivity contribution is 6.08. The van der Waals surface area contributed by atoms with Crippen molar-refractivity contribution in [1.29, 1.82) is 0 Å². The van der Waals surface area contributed by atoms with Gasteiger partial charge < -0.3 is 15.6 Å². The number of nitrogens with zero attached hydrogens (tertiary/aromatic N) is 1. The van der Waals surface area contributed by atoms with Crippen molar-refractivity contribution < 1.29 is 0 Å². The number of nitrogens with one attached hydrogen (secondary N) is 3. The molecule has 1 saturated heterocycles. The quantitative estimate of drug-likeness (QED) is 0.657. The van der Waals surface area contributed by atoms with Gasteiger partial charge in [-0.2, -0.15) is 0 Å². The van der Waals surface area contributed by atoms with Crippen LogP contribution in [0.3, 0.4) is 0 Å². The Morgan fingerprint density at radius 1 is 1.16 bits per heavy atom. The second-order valence-electron chi connectivity index (χ2n) is 5.08. The van der Waals surface area contributed by atoms with Gasteiger partial charge in [0.2, 0.25) is 0 Å². The summed E-state index contributed by atoms with van der Waals surface area (Å²) < 4.78 is 0. The number of H-pyrrole nitrogens is 1. The van der Waals surface area contributed by atoms with Gasteiger partial charge in [-0.05, 0) is 25.1 Å². The molecule has 3 heterocycles. The van der Waals surface area contributed by atoms with E-state index in [0.29, 0.717) is 6.04 Å². The Hall–Kier alpha value is -2.07. The molecule has 4 nitrogen and oxygen atoms in total. The lowest BCUT2D eigenvalue weighted by atomic mass is 10.1. The van der Waals surface area contributed by atoms with Gasteiger partial charge in [-0.1, -0.05) is 18.2 Å². The number of hydrogen-bond acceptors (Lipinski definition) is 3. The van der Waals surface area contributed by atoms with Crippen LogP contribution in [0.25, 0.3) is 21.8 Å². The van der Waals surface area contributed by atoms with E-state index in [4.69, 9.17) is 4.98 Å². The predicted molar refractivity (Wildman–Crippen MR) is 78.5 cm³/mol. The zero-order valence-corrected chi connectivity index (χ0v) is 10.6. The van der Waals surface area contributed by atoms with Gasteiger partial charge >= 0.3 is 0 Å². The first-order chi connectivity index (χ1) is 9.42. The van der Waals surface area contributed by atoms with Gasteiger partial charge in [0, 0.05) is 29.6 Å². The number of fused-ring (bicyclic) bond motifs is 3. The van der Waals surface area contributed by atoms with Crippen LogP contribution in [0.2, 0.25) is 0 Å². The molecule has 1 aliphatic heterocycles. The van der Waals surface area contributed by atoms with Crippen LogP contribution in [0.15, 0.2) is 36.5 Å². The minimum absolute atomic E-state index is 0.478. The van der Waals surface area contributed by atoms with Crippen LogP contribution in [0.4, 0.5) is 5.82 Å². The van der Waals surface area contributed by atoms with E-state index in [0.717, 1.165) is 30.8 Å². The van der Waals surface area contributed by atoms with E-state index < -0.39 is 0 Å². The van der Waals surface area contributed by atoms with Crippen molar-refractivity contribution in [2.45, 2.75) is 12.5 Å². The Balaban J connectivity index is 1.89. The highest BCUT2D eigenvalue weighted by atomic mass is 15.1. The molecule has 0 bridgehead atoms. The number of rotatable bonds is 2. The molecular weight excluding hydrogens is 236 g/mol. The molecule has 19 heavy (non-hydrogen) atoms. The van der Waals surface area contributed by atoms with E-state index in [1.54, 1.807) is 0 Å². The number of hydrogen-bond donors (Lipinski definition) is 3. The number of anilines is 1. The molecule has 3 aromatic rings. The Bertz CT molecular complexity index is 725. The molecule has 1 aromatic carbocycles. The van der Waals surface area contributed by atoms with Crippen molar-refractivity contribution >= 4 is 27.6 Å². The van der Waals surface area contributed by atoms with Crippen LogP contribution >= 0.6 is 0 Å². The van der Waals surface area contributed by atoms with Crippen molar-refractivity contribution in [3.05, 3.63) is 36.5 Å². The maximum absolute atomic E-state index is 4.78. The van der Waals surface area contributed by atoms with Crippen molar-refractivity contribution in [1.82, 2.24) is 15.3 Å². The Morgan fingerprint density at radius 3 is 3.00 bits per heavy atom. The monoisotopic (exact) mass is 252 g/mol. The second kappa shape index (κ2) is 4.24. The third-order valence-electron chi connectivity index (χ3n) is 3.81. The summed E-state index contributed by atoms with van der Waals surface area (Å²) in [6, 6.07) is 10.8. The van der Waals surface area contributed by atoms with Crippen molar-refractivity contribution in [2.75, 3.05) is 18.4 Å². The van der Waals surface area contributed by atoms with Gasteiger partial charge in [0.15, 0.2) is 0 Å². The standard InChI is InChI=1S/C15H16N4/c1-2-4-13-11(3-1)14-12(6-8-17-14)15(19-13)18-10-5-7-16-9-10/h1-4,6,8,10,16-17H,5,7,9H2,(H,18,19).